The Bertz CT molecular complexity index is 1410. The molecular weight excluding hydrogens is 472 g/mol. The first-order chi connectivity index (χ1) is 16.5. The Labute approximate surface area is 204 Å². The van der Waals surface area contributed by atoms with Crippen molar-refractivity contribution in [3.8, 4) is 5.75 Å². The van der Waals surface area contributed by atoms with Crippen molar-refractivity contribution in [3.05, 3.63) is 89.3 Å². The molecule has 0 saturated carbocycles. The van der Waals surface area contributed by atoms with Crippen molar-refractivity contribution < 1.29 is 19.0 Å². The molecule has 176 valence electrons. The average molecular weight is 497 g/mol. The number of carbonyl (C=O) groups is 1. The van der Waals surface area contributed by atoms with Gasteiger partial charge in [0.2, 0.25) is 0 Å². The Balaban J connectivity index is 1.76. The normalized spacial score (nSPS) is 16.0. The van der Waals surface area contributed by atoms with Gasteiger partial charge in [-0.3, -0.25) is 9.36 Å². The number of methoxy groups -OCH3 is 2. The second-order valence-corrected chi connectivity index (χ2v) is 9.34. The third kappa shape index (κ3) is 4.82. The third-order valence-electron chi connectivity index (χ3n) is 5.24. The summed E-state index contributed by atoms with van der Waals surface area (Å²) in [6, 6.07) is 10.9. The van der Waals surface area contributed by atoms with Gasteiger partial charge in [0.15, 0.2) is 4.80 Å². The molecule has 0 radical (unpaired) electrons. The van der Waals surface area contributed by atoms with Crippen LogP contribution < -0.4 is 19.6 Å². The smallest absolute Gasteiger partial charge is 0.338 e. The maximum Gasteiger partial charge on any atom is 0.338 e. The molecule has 0 unspecified atom stereocenters. The predicted molar refractivity (Wildman–Crippen MR) is 134 cm³/mol. The number of esters is 1. The highest BCUT2D eigenvalue weighted by Gasteiger charge is 2.33. The Morgan fingerprint density at radius 1 is 1.18 bits per heavy atom. The number of hydrogen-bond donors (Lipinski definition) is 0. The molecule has 4 rings (SSSR count). The van der Waals surface area contributed by atoms with Crippen molar-refractivity contribution in [3.63, 3.8) is 0 Å². The number of thiazole rings is 1. The second-order valence-electron chi connectivity index (χ2n) is 7.35. The topological polar surface area (TPSA) is 79.1 Å². The number of aromatic nitrogens is 1. The van der Waals surface area contributed by atoms with E-state index in [4.69, 9.17) is 14.2 Å². The summed E-state index contributed by atoms with van der Waals surface area (Å²) in [5, 5.41) is 1.92. The minimum Gasteiger partial charge on any atom is -0.496 e. The zero-order valence-electron chi connectivity index (χ0n) is 19.0. The van der Waals surface area contributed by atoms with Crippen LogP contribution in [0, 0.1) is 0 Å². The molecular formula is C25H24N2O5S2. The Morgan fingerprint density at radius 3 is 2.74 bits per heavy atom. The van der Waals surface area contributed by atoms with Gasteiger partial charge in [0.05, 0.1) is 29.5 Å². The molecule has 0 N–H and O–H groups in total. The maximum atomic E-state index is 13.5. The number of allylic oxidation sites excluding steroid dienone is 2. The first kappa shape index (κ1) is 23.9. The number of benzene rings is 1. The minimum atomic E-state index is -0.591. The molecule has 0 bridgehead atoms. The van der Waals surface area contributed by atoms with E-state index in [1.165, 1.54) is 22.7 Å². The monoisotopic (exact) mass is 496 g/mol. The Hall–Kier alpha value is -3.27. The fourth-order valence-corrected chi connectivity index (χ4v) is 5.47. The number of hydrogen-bond acceptors (Lipinski definition) is 8. The molecule has 3 heterocycles. The molecule has 0 amide bonds. The summed E-state index contributed by atoms with van der Waals surface area (Å²) in [4.78, 5) is 32.4. The molecule has 1 aliphatic heterocycles. The van der Waals surface area contributed by atoms with Crippen LogP contribution >= 0.6 is 22.7 Å². The molecule has 7 nitrogen and oxygen atoms in total. The summed E-state index contributed by atoms with van der Waals surface area (Å²) >= 11 is 2.77. The van der Waals surface area contributed by atoms with Gasteiger partial charge in [-0.1, -0.05) is 47.8 Å². The lowest BCUT2D eigenvalue weighted by molar-refractivity contribution is -0.140. The lowest BCUT2D eigenvalue weighted by Crippen LogP contribution is -2.39. The first-order valence-electron chi connectivity index (χ1n) is 10.6. The molecule has 0 spiro atoms. The largest absolute Gasteiger partial charge is 0.496 e. The number of fused-ring (bicyclic) bond motifs is 1. The van der Waals surface area contributed by atoms with Gasteiger partial charge in [-0.25, -0.2) is 9.79 Å². The minimum absolute atomic E-state index is 0.126. The van der Waals surface area contributed by atoms with E-state index in [1.807, 2.05) is 53.9 Å². The number of rotatable bonds is 8. The van der Waals surface area contributed by atoms with Crippen molar-refractivity contribution in [2.45, 2.75) is 13.0 Å². The van der Waals surface area contributed by atoms with Gasteiger partial charge in [0, 0.05) is 17.6 Å². The summed E-state index contributed by atoms with van der Waals surface area (Å²) in [6.07, 6.45) is 5.47. The molecule has 0 saturated heterocycles. The Morgan fingerprint density at radius 2 is 2.00 bits per heavy atom. The molecule has 1 atom stereocenters. The average Bonchev–Trinajstić information content (AvgIpc) is 3.47. The summed E-state index contributed by atoms with van der Waals surface area (Å²) in [5.74, 6) is 0.251. The molecule has 9 heteroatoms. The SMILES string of the molecule is COCCOC(=O)C1=C(C)N=c2s/c(=C\C=C\c3ccccc3OC)c(=O)n2[C@@H]1c1cccs1. The van der Waals surface area contributed by atoms with E-state index in [1.54, 1.807) is 31.8 Å². The van der Waals surface area contributed by atoms with E-state index in [0.717, 1.165) is 16.2 Å². The van der Waals surface area contributed by atoms with Crippen molar-refractivity contribution in [2.24, 2.45) is 4.99 Å². The van der Waals surface area contributed by atoms with Crippen LogP contribution in [0.15, 0.2) is 68.9 Å². The highest BCUT2D eigenvalue weighted by Crippen LogP contribution is 2.33. The molecule has 0 aliphatic carbocycles. The number of ether oxygens (including phenoxy) is 3. The fourth-order valence-electron chi connectivity index (χ4n) is 3.65. The van der Waals surface area contributed by atoms with E-state index in [2.05, 4.69) is 4.99 Å². The number of carbonyl (C=O) groups excluding carboxylic acids is 1. The van der Waals surface area contributed by atoms with Gasteiger partial charge in [-0.05, 0) is 30.5 Å². The molecule has 34 heavy (non-hydrogen) atoms. The first-order valence-corrected chi connectivity index (χ1v) is 12.3. The zero-order chi connectivity index (χ0) is 24.1. The summed E-state index contributed by atoms with van der Waals surface area (Å²) in [5.41, 5.74) is 1.60. The highest BCUT2D eigenvalue weighted by atomic mass is 32.1. The van der Waals surface area contributed by atoms with Crippen LogP contribution in [0.2, 0.25) is 0 Å². The van der Waals surface area contributed by atoms with Crippen LogP contribution in [0.25, 0.3) is 12.2 Å². The van der Waals surface area contributed by atoms with E-state index >= 15 is 0 Å². The summed E-state index contributed by atoms with van der Waals surface area (Å²) in [6.45, 7) is 2.19. The van der Waals surface area contributed by atoms with E-state index < -0.39 is 12.0 Å². The van der Waals surface area contributed by atoms with Gasteiger partial charge in [0.1, 0.15) is 18.4 Å². The van der Waals surface area contributed by atoms with E-state index in [9.17, 15) is 9.59 Å². The van der Waals surface area contributed by atoms with Gasteiger partial charge in [0.25, 0.3) is 5.56 Å². The lowest BCUT2D eigenvalue weighted by Gasteiger charge is -2.23. The van der Waals surface area contributed by atoms with Crippen LogP contribution in [0.5, 0.6) is 5.75 Å². The molecule has 0 fully saturated rings. The van der Waals surface area contributed by atoms with Crippen molar-refractivity contribution in [1.29, 1.82) is 0 Å². The van der Waals surface area contributed by atoms with Gasteiger partial charge in [-0.15, -0.1) is 11.3 Å². The van der Waals surface area contributed by atoms with Crippen LogP contribution in [0.3, 0.4) is 0 Å². The van der Waals surface area contributed by atoms with Crippen molar-refractivity contribution in [2.75, 3.05) is 27.4 Å². The van der Waals surface area contributed by atoms with E-state index in [-0.39, 0.29) is 12.2 Å². The van der Waals surface area contributed by atoms with Gasteiger partial charge >= 0.3 is 5.97 Å². The number of para-hydroxylation sites is 1. The highest BCUT2D eigenvalue weighted by molar-refractivity contribution is 7.10. The predicted octanol–water partition coefficient (Wildman–Crippen LogP) is 3.16. The van der Waals surface area contributed by atoms with Gasteiger partial charge < -0.3 is 14.2 Å². The second kappa shape index (κ2) is 10.8. The van der Waals surface area contributed by atoms with Crippen molar-refractivity contribution >= 4 is 40.8 Å². The van der Waals surface area contributed by atoms with Crippen molar-refractivity contribution in [1.82, 2.24) is 4.57 Å². The summed E-state index contributed by atoms with van der Waals surface area (Å²) < 4.78 is 17.9. The van der Waals surface area contributed by atoms with Crippen LogP contribution in [-0.4, -0.2) is 38.0 Å². The molecule has 2 aromatic heterocycles. The van der Waals surface area contributed by atoms with Gasteiger partial charge in [-0.2, -0.15) is 0 Å². The number of thiophene rings is 1. The molecule has 3 aromatic rings. The van der Waals surface area contributed by atoms with Crippen LogP contribution in [0.1, 0.15) is 23.4 Å². The molecule has 1 aromatic carbocycles. The Kier molecular flexibility index (Phi) is 7.56. The zero-order valence-corrected chi connectivity index (χ0v) is 20.7. The lowest BCUT2D eigenvalue weighted by atomic mass is 10.0. The standard InChI is InChI=1S/C25H24N2O5S2/c1-16-21(24(29)32-14-13-30-2)22(19-12-7-15-33-19)27-23(28)20(34-25(27)26-16)11-6-9-17-8-4-5-10-18(17)31-3/h4-12,15,22H,13-14H2,1-3H3/b9-6+,20-11-/t22-/m1/s1. The third-order valence-corrected chi connectivity index (χ3v) is 7.16. The maximum absolute atomic E-state index is 13.5. The van der Waals surface area contributed by atoms with E-state index in [0.29, 0.717) is 27.2 Å². The quantitative estimate of drug-likeness (QED) is 0.354. The fraction of sp³-hybridized carbons (Fsp3) is 0.240. The van der Waals surface area contributed by atoms with Crippen LogP contribution in [0.4, 0.5) is 0 Å². The number of nitrogens with zero attached hydrogens (tertiary/aromatic N) is 2. The molecule has 1 aliphatic rings. The van der Waals surface area contributed by atoms with Crippen LogP contribution in [-0.2, 0) is 14.3 Å². The summed E-state index contributed by atoms with van der Waals surface area (Å²) in [7, 11) is 3.16.